The van der Waals surface area contributed by atoms with Crippen LogP contribution in [0.1, 0.15) is 51.9 Å². The first-order valence-corrected chi connectivity index (χ1v) is 9.03. The molecule has 0 saturated heterocycles. The van der Waals surface area contributed by atoms with Crippen LogP contribution in [0.2, 0.25) is 0 Å². The molecule has 0 radical (unpaired) electrons. The molecule has 0 aliphatic carbocycles. The fourth-order valence-corrected chi connectivity index (χ4v) is 2.14. The highest BCUT2D eigenvalue weighted by Gasteiger charge is 2.20. The zero-order chi connectivity index (χ0) is 16.8. The van der Waals surface area contributed by atoms with Gasteiger partial charge in [0.1, 0.15) is 6.10 Å². The van der Waals surface area contributed by atoms with Crippen molar-refractivity contribution >= 4 is 13.8 Å². The Morgan fingerprint density at radius 2 is 1.82 bits per heavy atom. The number of carbonyl (C=O) groups excluding carboxylic acids is 1. The SMILES string of the molecule is C/C=C/CCCCCCCC(=O)O[C@H](CO)COP(=O)(O)O. The highest BCUT2D eigenvalue weighted by atomic mass is 31.2. The number of hydrogen-bond acceptors (Lipinski definition) is 5. The molecule has 130 valence electrons. The number of ether oxygens (including phenoxy) is 1. The highest BCUT2D eigenvalue weighted by molar-refractivity contribution is 7.46. The minimum absolute atomic E-state index is 0.223. The highest BCUT2D eigenvalue weighted by Crippen LogP contribution is 2.35. The molecule has 0 aliphatic heterocycles. The number of aliphatic hydroxyl groups excluding tert-OH is 1. The van der Waals surface area contributed by atoms with Gasteiger partial charge in [0.2, 0.25) is 0 Å². The minimum atomic E-state index is -4.63. The molecular formula is C14H27O7P. The van der Waals surface area contributed by atoms with Crippen molar-refractivity contribution in [3.05, 3.63) is 12.2 Å². The van der Waals surface area contributed by atoms with Gasteiger partial charge >= 0.3 is 13.8 Å². The van der Waals surface area contributed by atoms with E-state index in [2.05, 4.69) is 10.6 Å². The maximum Gasteiger partial charge on any atom is 0.469 e. The normalized spacial score (nSPS) is 13.5. The Hall–Kier alpha value is -0.720. The van der Waals surface area contributed by atoms with Gasteiger partial charge in [0, 0.05) is 6.42 Å². The van der Waals surface area contributed by atoms with Gasteiger partial charge in [0.25, 0.3) is 0 Å². The molecule has 0 bridgehead atoms. The first-order valence-electron chi connectivity index (χ1n) is 7.50. The molecular weight excluding hydrogens is 311 g/mol. The number of carbonyl (C=O) groups is 1. The minimum Gasteiger partial charge on any atom is -0.457 e. The molecule has 0 amide bonds. The van der Waals surface area contributed by atoms with E-state index >= 15 is 0 Å². The van der Waals surface area contributed by atoms with Gasteiger partial charge in [-0.1, -0.05) is 31.4 Å². The van der Waals surface area contributed by atoms with Crippen LogP contribution in [-0.2, 0) is 18.6 Å². The van der Waals surface area contributed by atoms with Crippen molar-refractivity contribution < 1.29 is 33.5 Å². The molecule has 0 rings (SSSR count). The van der Waals surface area contributed by atoms with Crippen molar-refractivity contribution in [2.75, 3.05) is 13.2 Å². The molecule has 0 saturated carbocycles. The van der Waals surface area contributed by atoms with Crippen LogP contribution in [0.15, 0.2) is 12.2 Å². The molecule has 8 heteroatoms. The predicted octanol–water partition coefficient (Wildman–Crippen LogP) is 2.31. The molecule has 3 N–H and O–H groups in total. The summed E-state index contributed by atoms with van der Waals surface area (Å²) in [5, 5.41) is 8.97. The third kappa shape index (κ3) is 14.2. The molecule has 0 heterocycles. The van der Waals surface area contributed by atoms with Gasteiger partial charge in [0.15, 0.2) is 0 Å². The lowest BCUT2D eigenvalue weighted by Crippen LogP contribution is -2.26. The summed E-state index contributed by atoms with van der Waals surface area (Å²) in [6, 6.07) is 0. The van der Waals surface area contributed by atoms with Crippen molar-refractivity contribution in [1.82, 2.24) is 0 Å². The Morgan fingerprint density at radius 1 is 1.18 bits per heavy atom. The zero-order valence-electron chi connectivity index (χ0n) is 13.0. The third-order valence-electron chi connectivity index (χ3n) is 2.92. The van der Waals surface area contributed by atoms with Gasteiger partial charge in [-0.05, 0) is 26.2 Å². The number of rotatable bonds is 13. The summed E-state index contributed by atoms with van der Waals surface area (Å²) in [5.41, 5.74) is 0. The lowest BCUT2D eigenvalue weighted by atomic mass is 10.1. The van der Waals surface area contributed by atoms with Crippen LogP contribution in [0.3, 0.4) is 0 Å². The predicted molar refractivity (Wildman–Crippen MR) is 82.1 cm³/mol. The van der Waals surface area contributed by atoms with Crippen LogP contribution in [0, 0.1) is 0 Å². The summed E-state index contributed by atoms with van der Waals surface area (Å²) in [5.74, 6) is -0.498. The van der Waals surface area contributed by atoms with Crippen molar-refractivity contribution in [1.29, 1.82) is 0 Å². The topological polar surface area (TPSA) is 113 Å². The van der Waals surface area contributed by atoms with E-state index in [1.54, 1.807) is 0 Å². The summed E-state index contributed by atoms with van der Waals surface area (Å²) < 4.78 is 19.6. The Kier molecular flexibility index (Phi) is 12.4. The van der Waals surface area contributed by atoms with E-state index in [0.29, 0.717) is 6.42 Å². The van der Waals surface area contributed by atoms with Crippen LogP contribution in [0.4, 0.5) is 0 Å². The van der Waals surface area contributed by atoms with E-state index in [1.807, 2.05) is 13.0 Å². The summed E-state index contributed by atoms with van der Waals surface area (Å²) in [4.78, 5) is 28.6. The van der Waals surface area contributed by atoms with Crippen LogP contribution in [0.5, 0.6) is 0 Å². The van der Waals surface area contributed by atoms with E-state index in [4.69, 9.17) is 19.6 Å². The van der Waals surface area contributed by atoms with Gasteiger partial charge in [-0.3, -0.25) is 9.32 Å². The summed E-state index contributed by atoms with van der Waals surface area (Å²) >= 11 is 0. The summed E-state index contributed by atoms with van der Waals surface area (Å²) in [6.45, 7) is 0.921. The van der Waals surface area contributed by atoms with E-state index in [1.165, 1.54) is 0 Å². The molecule has 0 aromatic carbocycles. The second-order valence-corrected chi connectivity index (χ2v) is 6.20. The van der Waals surface area contributed by atoms with E-state index < -0.39 is 33.1 Å². The Bertz CT molecular complexity index is 364. The molecule has 1 atom stereocenters. The van der Waals surface area contributed by atoms with E-state index in [0.717, 1.165) is 32.1 Å². The maximum absolute atomic E-state index is 11.5. The molecule has 0 spiro atoms. The van der Waals surface area contributed by atoms with Crippen molar-refractivity contribution in [2.24, 2.45) is 0 Å². The number of phosphoric acid groups is 1. The average molecular weight is 338 g/mol. The number of phosphoric ester groups is 1. The van der Waals surface area contributed by atoms with Gasteiger partial charge in [-0.15, -0.1) is 0 Å². The lowest BCUT2D eigenvalue weighted by Gasteiger charge is -2.15. The molecule has 7 nitrogen and oxygen atoms in total. The average Bonchev–Trinajstić information content (AvgIpc) is 2.45. The number of allylic oxidation sites excluding steroid dienone is 2. The second-order valence-electron chi connectivity index (χ2n) is 4.96. The number of aliphatic hydroxyl groups is 1. The third-order valence-corrected chi connectivity index (χ3v) is 3.40. The lowest BCUT2D eigenvalue weighted by molar-refractivity contribution is -0.153. The van der Waals surface area contributed by atoms with Crippen LogP contribution < -0.4 is 0 Å². The number of hydrogen-bond donors (Lipinski definition) is 3. The zero-order valence-corrected chi connectivity index (χ0v) is 13.9. The molecule has 0 aromatic rings. The smallest absolute Gasteiger partial charge is 0.457 e. The van der Waals surface area contributed by atoms with Crippen molar-refractivity contribution in [2.45, 2.75) is 58.0 Å². The van der Waals surface area contributed by atoms with Crippen molar-refractivity contribution in [3.63, 3.8) is 0 Å². The largest absolute Gasteiger partial charge is 0.469 e. The quantitative estimate of drug-likeness (QED) is 0.204. The van der Waals surface area contributed by atoms with E-state index in [9.17, 15) is 9.36 Å². The van der Waals surface area contributed by atoms with Crippen LogP contribution in [0.25, 0.3) is 0 Å². The number of unbranched alkanes of at least 4 members (excludes halogenated alkanes) is 5. The van der Waals surface area contributed by atoms with Crippen LogP contribution in [-0.4, -0.2) is 40.2 Å². The summed E-state index contributed by atoms with van der Waals surface area (Å²) in [7, 11) is -4.63. The van der Waals surface area contributed by atoms with Crippen LogP contribution >= 0.6 is 7.82 Å². The monoisotopic (exact) mass is 338 g/mol. The standard InChI is InChI=1S/C14H27O7P/c1-2-3-4-5-6-7-8-9-10-14(16)21-13(11-15)12-20-22(17,18)19/h2-3,13,15H,4-12H2,1H3,(H2,17,18,19)/b3-2+/t13-/m1/s1. The van der Waals surface area contributed by atoms with E-state index in [-0.39, 0.29) is 6.42 Å². The van der Waals surface area contributed by atoms with Gasteiger partial charge in [-0.2, -0.15) is 0 Å². The van der Waals surface area contributed by atoms with Gasteiger partial charge in [0.05, 0.1) is 13.2 Å². The van der Waals surface area contributed by atoms with Gasteiger partial charge in [-0.25, -0.2) is 4.57 Å². The molecule has 0 fully saturated rings. The molecule has 0 aromatic heterocycles. The summed E-state index contributed by atoms with van der Waals surface area (Å²) in [6.07, 6.45) is 9.34. The maximum atomic E-state index is 11.5. The second kappa shape index (κ2) is 12.8. The molecule has 0 unspecified atom stereocenters. The Labute approximate surface area is 131 Å². The fourth-order valence-electron chi connectivity index (χ4n) is 1.78. The molecule has 0 aliphatic rings. The van der Waals surface area contributed by atoms with Crippen molar-refractivity contribution in [3.8, 4) is 0 Å². The number of esters is 1. The fraction of sp³-hybridized carbons (Fsp3) is 0.786. The van der Waals surface area contributed by atoms with Gasteiger partial charge < -0.3 is 19.6 Å². The first-order chi connectivity index (χ1) is 10.4. The first kappa shape index (κ1) is 21.3. The molecule has 22 heavy (non-hydrogen) atoms. The Balaban J connectivity index is 3.67. The Morgan fingerprint density at radius 3 is 2.41 bits per heavy atom.